The summed E-state index contributed by atoms with van der Waals surface area (Å²) in [6, 6.07) is 7.93. The third-order valence-electron chi connectivity index (χ3n) is 5.14. The number of likely N-dealkylation sites (tertiary alicyclic amines) is 1. The molecule has 23 heavy (non-hydrogen) atoms. The fourth-order valence-electron chi connectivity index (χ4n) is 3.61. The highest BCUT2D eigenvalue weighted by atomic mass is 35.5. The number of hydrogen-bond donors (Lipinski definition) is 1. The Morgan fingerprint density at radius 1 is 1.30 bits per heavy atom. The topological polar surface area (TPSA) is 32.3 Å². The van der Waals surface area contributed by atoms with Gasteiger partial charge in [0.2, 0.25) is 5.91 Å². The number of benzene rings is 1. The summed E-state index contributed by atoms with van der Waals surface area (Å²) >= 11 is 6.25. The monoisotopic (exact) mass is 356 g/mol. The first kappa shape index (κ1) is 18.6. The zero-order chi connectivity index (χ0) is 15.5. The number of rotatable bonds is 5. The summed E-state index contributed by atoms with van der Waals surface area (Å²) in [6.45, 7) is 2.94. The molecular weight excluding hydrogens is 331 g/mol. The fraction of sp³-hybridized carbons (Fsp3) is 0.611. The summed E-state index contributed by atoms with van der Waals surface area (Å²) in [6.07, 6.45) is 4.49. The van der Waals surface area contributed by atoms with Crippen LogP contribution < -0.4 is 5.32 Å². The Bertz CT molecular complexity index is 530. The maximum absolute atomic E-state index is 12.6. The normalized spacial score (nSPS) is 24.2. The smallest absolute Gasteiger partial charge is 0.226 e. The van der Waals surface area contributed by atoms with E-state index in [1.165, 1.54) is 6.42 Å². The van der Waals surface area contributed by atoms with Crippen molar-refractivity contribution in [2.24, 2.45) is 11.8 Å². The summed E-state index contributed by atoms with van der Waals surface area (Å²) < 4.78 is 0. The molecule has 5 heteroatoms. The molecule has 3 rings (SSSR count). The predicted molar refractivity (Wildman–Crippen MR) is 97.4 cm³/mol. The van der Waals surface area contributed by atoms with Gasteiger partial charge >= 0.3 is 0 Å². The molecular formula is C18H26Cl2N2O. The number of nitrogens with zero attached hydrogens (tertiary/aromatic N) is 1. The predicted octanol–water partition coefficient (Wildman–Crippen LogP) is 3.71. The highest BCUT2D eigenvalue weighted by Gasteiger charge is 2.46. The molecule has 1 saturated heterocycles. The minimum atomic E-state index is 0. The second-order valence-electron chi connectivity index (χ2n) is 6.63. The molecule has 0 spiro atoms. The molecule has 1 aliphatic carbocycles. The van der Waals surface area contributed by atoms with Crippen LogP contribution in [-0.2, 0) is 4.79 Å². The summed E-state index contributed by atoms with van der Waals surface area (Å²) in [5.41, 5.74) is 1.14. The van der Waals surface area contributed by atoms with Crippen molar-refractivity contribution in [1.29, 1.82) is 0 Å². The molecule has 128 valence electrons. The van der Waals surface area contributed by atoms with Crippen molar-refractivity contribution >= 4 is 29.9 Å². The largest absolute Gasteiger partial charge is 0.342 e. The standard InChI is InChI=1S/C18H25ClN2O.ClH/c1-20-9-6-13-7-10-21(11-8-13)18(22)16-12-15(16)14-4-2-3-5-17(14)19;/h2-5,13,15-16,20H,6-12H2,1H3;1H. The Labute approximate surface area is 150 Å². The summed E-state index contributed by atoms with van der Waals surface area (Å²) in [5.74, 6) is 1.61. The van der Waals surface area contributed by atoms with Crippen molar-refractivity contribution in [3.05, 3.63) is 34.9 Å². The fourth-order valence-corrected chi connectivity index (χ4v) is 3.89. The van der Waals surface area contributed by atoms with Gasteiger partial charge in [0.05, 0.1) is 0 Å². The lowest BCUT2D eigenvalue weighted by atomic mass is 9.93. The molecule has 2 atom stereocenters. The van der Waals surface area contributed by atoms with Gasteiger partial charge in [0.25, 0.3) is 0 Å². The third kappa shape index (κ3) is 4.40. The third-order valence-corrected chi connectivity index (χ3v) is 5.49. The van der Waals surface area contributed by atoms with Crippen molar-refractivity contribution in [3.8, 4) is 0 Å². The molecule has 1 aromatic rings. The van der Waals surface area contributed by atoms with Crippen LogP contribution in [0.4, 0.5) is 0 Å². The van der Waals surface area contributed by atoms with E-state index >= 15 is 0 Å². The highest BCUT2D eigenvalue weighted by molar-refractivity contribution is 6.31. The lowest BCUT2D eigenvalue weighted by Crippen LogP contribution is -2.40. The SMILES string of the molecule is CNCCC1CCN(C(=O)C2CC2c2ccccc2Cl)CC1.Cl. The average molecular weight is 357 g/mol. The number of nitrogens with one attached hydrogen (secondary N) is 1. The first-order valence-corrected chi connectivity index (χ1v) is 8.76. The van der Waals surface area contributed by atoms with Crippen LogP contribution in [0.5, 0.6) is 0 Å². The molecule has 1 aromatic carbocycles. The summed E-state index contributed by atoms with van der Waals surface area (Å²) in [5, 5.41) is 4.01. The second kappa shape index (κ2) is 8.36. The summed E-state index contributed by atoms with van der Waals surface area (Å²) in [7, 11) is 2.00. The van der Waals surface area contributed by atoms with Crippen LogP contribution in [0.25, 0.3) is 0 Å². The molecule has 1 amide bonds. The van der Waals surface area contributed by atoms with Crippen LogP contribution in [0, 0.1) is 11.8 Å². The van der Waals surface area contributed by atoms with Gasteiger partial charge in [-0.25, -0.2) is 0 Å². The van der Waals surface area contributed by atoms with Crippen molar-refractivity contribution in [2.75, 3.05) is 26.7 Å². The van der Waals surface area contributed by atoms with E-state index in [0.717, 1.165) is 55.4 Å². The Hall–Kier alpha value is -0.770. The van der Waals surface area contributed by atoms with Crippen molar-refractivity contribution < 1.29 is 4.79 Å². The Morgan fingerprint density at radius 3 is 2.65 bits per heavy atom. The van der Waals surface area contributed by atoms with Gasteiger partial charge in [0.1, 0.15) is 0 Å². The number of piperidine rings is 1. The number of carbonyl (C=O) groups is 1. The average Bonchev–Trinajstić information content (AvgIpc) is 3.33. The quantitative estimate of drug-likeness (QED) is 0.871. The van der Waals surface area contributed by atoms with E-state index in [1.54, 1.807) is 0 Å². The molecule has 1 saturated carbocycles. The second-order valence-corrected chi connectivity index (χ2v) is 7.04. The van der Waals surface area contributed by atoms with E-state index in [9.17, 15) is 4.79 Å². The number of carbonyl (C=O) groups excluding carboxylic acids is 1. The minimum Gasteiger partial charge on any atom is -0.342 e. The minimum absolute atomic E-state index is 0. The van der Waals surface area contributed by atoms with Gasteiger partial charge in [-0.05, 0) is 62.7 Å². The van der Waals surface area contributed by atoms with Crippen molar-refractivity contribution in [3.63, 3.8) is 0 Å². The van der Waals surface area contributed by atoms with E-state index < -0.39 is 0 Å². The maximum Gasteiger partial charge on any atom is 0.226 e. The molecule has 0 aromatic heterocycles. The zero-order valence-electron chi connectivity index (χ0n) is 13.6. The van der Waals surface area contributed by atoms with Gasteiger partial charge in [-0.1, -0.05) is 29.8 Å². The molecule has 1 heterocycles. The number of hydrogen-bond acceptors (Lipinski definition) is 2. The van der Waals surface area contributed by atoms with Crippen LogP contribution >= 0.6 is 24.0 Å². The maximum atomic E-state index is 12.6. The Kier molecular flexibility index (Phi) is 6.75. The van der Waals surface area contributed by atoms with E-state index in [4.69, 9.17) is 11.6 Å². The molecule has 0 bridgehead atoms. The van der Waals surface area contributed by atoms with Crippen LogP contribution in [-0.4, -0.2) is 37.5 Å². The zero-order valence-corrected chi connectivity index (χ0v) is 15.2. The molecule has 2 aliphatic rings. The molecule has 0 radical (unpaired) electrons. The van der Waals surface area contributed by atoms with E-state index in [1.807, 2.05) is 25.2 Å². The lowest BCUT2D eigenvalue weighted by molar-refractivity contribution is -0.134. The van der Waals surface area contributed by atoms with E-state index in [-0.39, 0.29) is 18.3 Å². The van der Waals surface area contributed by atoms with Gasteiger partial charge in [-0.3, -0.25) is 4.79 Å². The van der Waals surface area contributed by atoms with Crippen LogP contribution in [0.15, 0.2) is 24.3 Å². The molecule has 1 aliphatic heterocycles. The molecule has 1 N–H and O–H groups in total. The molecule has 2 fully saturated rings. The number of amides is 1. The van der Waals surface area contributed by atoms with Gasteiger partial charge in [0, 0.05) is 24.0 Å². The van der Waals surface area contributed by atoms with Gasteiger partial charge in [-0.15, -0.1) is 12.4 Å². The first-order valence-electron chi connectivity index (χ1n) is 8.38. The van der Waals surface area contributed by atoms with Gasteiger partial charge in [0.15, 0.2) is 0 Å². The van der Waals surface area contributed by atoms with Crippen LogP contribution in [0.2, 0.25) is 5.02 Å². The highest BCUT2D eigenvalue weighted by Crippen LogP contribution is 2.50. The van der Waals surface area contributed by atoms with Gasteiger partial charge in [-0.2, -0.15) is 0 Å². The van der Waals surface area contributed by atoms with Crippen molar-refractivity contribution in [2.45, 2.75) is 31.6 Å². The van der Waals surface area contributed by atoms with Crippen LogP contribution in [0.1, 0.15) is 37.2 Å². The van der Waals surface area contributed by atoms with Crippen LogP contribution in [0.3, 0.4) is 0 Å². The molecule has 2 unspecified atom stereocenters. The van der Waals surface area contributed by atoms with E-state index in [0.29, 0.717) is 11.8 Å². The van der Waals surface area contributed by atoms with Gasteiger partial charge < -0.3 is 10.2 Å². The number of halogens is 2. The Morgan fingerprint density at radius 2 is 2.00 bits per heavy atom. The molecule has 3 nitrogen and oxygen atoms in total. The lowest BCUT2D eigenvalue weighted by Gasteiger charge is -2.32. The van der Waals surface area contributed by atoms with E-state index in [2.05, 4.69) is 16.3 Å². The van der Waals surface area contributed by atoms with Crippen molar-refractivity contribution in [1.82, 2.24) is 10.2 Å². The Balaban J connectivity index is 0.00000192. The summed E-state index contributed by atoms with van der Waals surface area (Å²) in [4.78, 5) is 14.7. The first-order chi connectivity index (χ1) is 10.7.